The van der Waals surface area contributed by atoms with Gasteiger partial charge in [0.2, 0.25) is 5.91 Å². The van der Waals surface area contributed by atoms with Gasteiger partial charge < -0.3 is 15.2 Å². The highest BCUT2D eigenvalue weighted by Crippen LogP contribution is 2.13. The molecule has 0 spiro atoms. The van der Waals surface area contributed by atoms with Gasteiger partial charge in [-0.3, -0.25) is 9.59 Å². The standard InChI is InChI=1S/C12H21NO4/c14-11(15)6-2-1-3-7-13-12(16)10-5-4-8-17-9-10/h10H,1-9H2,(H,13,16)(H,14,15). The summed E-state index contributed by atoms with van der Waals surface area (Å²) in [5.41, 5.74) is 0. The number of carboxylic acids is 1. The molecule has 5 heteroatoms. The topological polar surface area (TPSA) is 75.6 Å². The monoisotopic (exact) mass is 243 g/mol. The van der Waals surface area contributed by atoms with Crippen LogP contribution >= 0.6 is 0 Å². The summed E-state index contributed by atoms with van der Waals surface area (Å²) < 4.78 is 5.25. The van der Waals surface area contributed by atoms with E-state index in [4.69, 9.17) is 9.84 Å². The Morgan fingerprint density at radius 1 is 1.29 bits per heavy atom. The third-order valence-electron chi connectivity index (χ3n) is 2.90. The molecule has 1 rings (SSSR count). The summed E-state index contributed by atoms with van der Waals surface area (Å²) in [5, 5.41) is 11.3. The van der Waals surface area contributed by atoms with E-state index in [1.54, 1.807) is 0 Å². The summed E-state index contributed by atoms with van der Waals surface area (Å²) in [7, 11) is 0. The normalized spacial score (nSPS) is 19.9. The predicted octanol–water partition coefficient (Wildman–Crippen LogP) is 1.17. The van der Waals surface area contributed by atoms with Crippen LogP contribution in [0.25, 0.3) is 0 Å². The van der Waals surface area contributed by atoms with Gasteiger partial charge in [-0.1, -0.05) is 6.42 Å². The summed E-state index contributed by atoms with van der Waals surface area (Å²) in [6.45, 7) is 1.93. The van der Waals surface area contributed by atoms with Crippen LogP contribution in [0, 0.1) is 5.92 Å². The Morgan fingerprint density at radius 2 is 2.12 bits per heavy atom. The molecule has 98 valence electrons. The van der Waals surface area contributed by atoms with Crippen LogP contribution < -0.4 is 5.32 Å². The molecule has 0 bridgehead atoms. The number of amides is 1. The van der Waals surface area contributed by atoms with Crippen LogP contribution in [0.5, 0.6) is 0 Å². The first-order valence-electron chi connectivity index (χ1n) is 6.27. The third kappa shape index (κ3) is 6.26. The SMILES string of the molecule is O=C(O)CCCCCNC(=O)C1CCCOC1. The molecule has 0 aromatic rings. The molecule has 1 atom stereocenters. The molecule has 2 N–H and O–H groups in total. The molecule has 1 amide bonds. The number of hydrogen-bond acceptors (Lipinski definition) is 3. The average molecular weight is 243 g/mol. The first-order valence-corrected chi connectivity index (χ1v) is 6.27. The Kier molecular flexibility index (Phi) is 6.62. The molecule has 1 saturated heterocycles. The van der Waals surface area contributed by atoms with Crippen LogP contribution in [0.3, 0.4) is 0 Å². The molecule has 1 unspecified atom stereocenters. The van der Waals surface area contributed by atoms with E-state index in [-0.39, 0.29) is 18.2 Å². The zero-order chi connectivity index (χ0) is 12.5. The van der Waals surface area contributed by atoms with Crippen LogP contribution in [0.4, 0.5) is 0 Å². The third-order valence-corrected chi connectivity index (χ3v) is 2.90. The second-order valence-corrected chi connectivity index (χ2v) is 4.41. The smallest absolute Gasteiger partial charge is 0.303 e. The lowest BCUT2D eigenvalue weighted by Crippen LogP contribution is -2.36. The Bertz CT molecular complexity index is 249. The van der Waals surface area contributed by atoms with E-state index in [0.717, 1.165) is 32.3 Å². The lowest BCUT2D eigenvalue weighted by Gasteiger charge is -2.21. The number of carbonyl (C=O) groups excluding carboxylic acids is 1. The number of aliphatic carboxylic acids is 1. The number of carbonyl (C=O) groups is 2. The fraction of sp³-hybridized carbons (Fsp3) is 0.833. The molecule has 0 aromatic heterocycles. The van der Waals surface area contributed by atoms with E-state index in [9.17, 15) is 9.59 Å². The summed E-state index contributed by atoms with van der Waals surface area (Å²) in [6, 6.07) is 0. The second kappa shape index (κ2) is 8.06. The van der Waals surface area contributed by atoms with Crippen LogP contribution in [0.15, 0.2) is 0 Å². The minimum Gasteiger partial charge on any atom is -0.481 e. The van der Waals surface area contributed by atoms with Gasteiger partial charge in [-0.2, -0.15) is 0 Å². The van der Waals surface area contributed by atoms with Crippen molar-refractivity contribution >= 4 is 11.9 Å². The summed E-state index contributed by atoms with van der Waals surface area (Å²) in [5.74, 6) is -0.681. The van der Waals surface area contributed by atoms with Gasteiger partial charge >= 0.3 is 5.97 Å². The quantitative estimate of drug-likeness (QED) is 0.658. The van der Waals surface area contributed by atoms with E-state index < -0.39 is 5.97 Å². The van der Waals surface area contributed by atoms with Crippen molar-refractivity contribution in [2.45, 2.75) is 38.5 Å². The van der Waals surface area contributed by atoms with Crippen LogP contribution in [-0.4, -0.2) is 36.7 Å². The number of hydrogen-bond donors (Lipinski definition) is 2. The molecular formula is C12H21NO4. The summed E-state index contributed by atoms with van der Waals surface area (Å²) >= 11 is 0. The van der Waals surface area contributed by atoms with Gasteiger partial charge in [0.15, 0.2) is 0 Å². The predicted molar refractivity (Wildman–Crippen MR) is 62.7 cm³/mol. The number of rotatable bonds is 7. The molecule has 0 saturated carbocycles. The highest BCUT2D eigenvalue weighted by molar-refractivity contribution is 5.78. The van der Waals surface area contributed by atoms with Crippen LogP contribution in [0.2, 0.25) is 0 Å². The van der Waals surface area contributed by atoms with Gasteiger partial charge in [0.05, 0.1) is 12.5 Å². The van der Waals surface area contributed by atoms with Crippen molar-refractivity contribution < 1.29 is 19.4 Å². The van der Waals surface area contributed by atoms with E-state index >= 15 is 0 Å². The van der Waals surface area contributed by atoms with Crippen molar-refractivity contribution in [3.05, 3.63) is 0 Å². The zero-order valence-corrected chi connectivity index (χ0v) is 10.1. The largest absolute Gasteiger partial charge is 0.481 e. The molecule has 5 nitrogen and oxygen atoms in total. The maximum atomic E-state index is 11.7. The highest BCUT2D eigenvalue weighted by Gasteiger charge is 2.20. The second-order valence-electron chi connectivity index (χ2n) is 4.41. The van der Waals surface area contributed by atoms with Crippen molar-refractivity contribution in [1.82, 2.24) is 5.32 Å². The Balaban J connectivity index is 1.98. The average Bonchev–Trinajstić information content (AvgIpc) is 2.34. The van der Waals surface area contributed by atoms with Gasteiger partial charge in [-0.25, -0.2) is 0 Å². The molecule has 0 aliphatic carbocycles. The number of carboxylic acid groups (broad SMARTS) is 1. The minimum atomic E-state index is -0.756. The highest BCUT2D eigenvalue weighted by atomic mass is 16.5. The maximum Gasteiger partial charge on any atom is 0.303 e. The fourth-order valence-electron chi connectivity index (χ4n) is 1.88. The lowest BCUT2D eigenvalue weighted by molar-refractivity contribution is -0.137. The zero-order valence-electron chi connectivity index (χ0n) is 10.1. The van der Waals surface area contributed by atoms with Crippen LogP contribution in [0.1, 0.15) is 38.5 Å². The van der Waals surface area contributed by atoms with Crippen LogP contribution in [-0.2, 0) is 14.3 Å². The molecule has 1 aliphatic heterocycles. The first kappa shape index (κ1) is 14.0. The Labute approximate surface area is 102 Å². The molecule has 1 fully saturated rings. The maximum absolute atomic E-state index is 11.7. The summed E-state index contributed by atoms with van der Waals surface area (Å²) in [6.07, 6.45) is 4.43. The van der Waals surface area contributed by atoms with Gasteiger partial charge in [0, 0.05) is 19.6 Å². The van der Waals surface area contributed by atoms with Crippen molar-refractivity contribution in [1.29, 1.82) is 0 Å². The molecule has 1 heterocycles. The first-order chi connectivity index (χ1) is 8.20. The fourth-order valence-corrected chi connectivity index (χ4v) is 1.88. The van der Waals surface area contributed by atoms with E-state index in [2.05, 4.69) is 5.32 Å². The number of ether oxygens (including phenoxy) is 1. The molecular weight excluding hydrogens is 222 g/mol. The van der Waals surface area contributed by atoms with Gasteiger partial charge in [-0.05, 0) is 25.7 Å². The summed E-state index contributed by atoms with van der Waals surface area (Å²) in [4.78, 5) is 21.9. The van der Waals surface area contributed by atoms with Gasteiger partial charge in [0.1, 0.15) is 0 Å². The van der Waals surface area contributed by atoms with E-state index in [1.807, 2.05) is 0 Å². The molecule has 0 radical (unpaired) electrons. The molecule has 0 aromatic carbocycles. The van der Waals surface area contributed by atoms with Crippen molar-refractivity contribution in [3.8, 4) is 0 Å². The minimum absolute atomic E-state index is 0.00256. The molecule has 1 aliphatic rings. The van der Waals surface area contributed by atoms with Gasteiger partial charge in [-0.15, -0.1) is 0 Å². The van der Waals surface area contributed by atoms with E-state index in [1.165, 1.54) is 0 Å². The number of nitrogens with one attached hydrogen (secondary N) is 1. The van der Waals surface area contributed by atoms with Crippen molar-refractivity contribution in [2.75, 3.05) is 19.8 Å². The van der Waals surface area contributed by atoms with Crippen molar-refractivity contribution in [2.24, 2.45) is 5.92 Å². The Morgan fingerprint density at radius 3 is 2.76 bits per heavy atom. The van der Waals surface area contributed by atoms with E-state index in [0.29, 0.717) is 19.6 Å². The number of unbranched alkanes of at least 4 members (excludes halogenated alkanes) is 2. The Hall–Kier alpha value is -1.10. The lowest BCUT2D eigenvalue weighted by atomic mass is 10.0. The molecule has 17 heavy (non-hydrogen) atoms. The van der Waals surface area contributed by atoms with Gasteiger partial charge in [0.25, 0.3) is 0 Å². The van der Waals surface area contributed by atoms with Crippen molar-refractivity contribution in [3.63, 3.8) is 0 Å².